The summed E-state index contributed by atoms with van der Waals surface area (Å²) in [5, 5.41) is 0. The van der Waals surface area contributed by atoms with Crippen molar-refractivity contribution in [2.75, 3.05) is 5.88 Å². The molecule has 3 heteroatoms. The first-order valence-electron chi connectivity index (χ1n) is 9.75. The normalized spacial score (nSPS) is 31.7. The zero-order valence-electron chi connectivity index (χ0n) is 14.7. The molecule has 0 aromatic carbocycles. The Morgan fingerprint density at radius 1 is 0.826 bits per heavy atom. The highest BCUT2D eigenvalue weighted by molar-refractivity contribution is 6.17. The maximum atomic E-state index is 12.6. The van der Waals surface area contributed by atoms with Crippen LogP contribution in [0.25, 0.3) is 0 Å². The van der Waals surface area contributed by atoms with E-state index in [0.29, 0.717) is 29.8 Å². The Hall–Kier alpha value is -0.370. The van der Waals surface area contributed by atoms with Crippen LogP contribution in [0.2, 0.25) is 0 Å². The van der Waals surface area contributed by atoms with Crippen LogP contribution < -0.4 is 0 Å². The van der Waals surface area contributed by atoms with Crippen LogP contribution in [0.4, 0.5) is 0 Å². The third kappa shape index (κ3) is 5.89. The molecule has 2 fully saturated rings. The number of alkyl halides is 1. The highest BCUT2D eigenvalue weighted by atomic mass is 35.5. The lowest BCUT2D eigenvalue weighted by atomic mass is 9.73. The van der Waals surface area contributed by atoms with Crippen molar-refractivity contribution in [3.8, 4) is 0 Å². The van der Waals surface area contributed by atoms with Gasteiger partial charge in [-0.2, -0.15) is 0 Å². The number of carbonyl (C=O) groups excluding carboxylic acids is 2. The Balaban J connectivity index is 1.67. The molecule has 0 atom stereocenters. The lowest BCUT2D eigenvalue weighted by molar-refractivity contribution is -0.125. The summed E-state index contributed by atoms with van der Waals surface area (Å²) in [5.74, 6) is 3.63. The van der Waals surface area contributed by atoms with Crippen LogP contribution in [0, 0.1) is 23.7 Å². The topological polar surface area (TPSA) is 34.1 Å². The second-order valence-corrected chi connectivity index (χ2v) is 8.13. The van der Waals surface area contributed by atoms with Gasteiger partial charge >= 0.3 is 0 Å². The molecule has 0 amide bonds. The predicted octanol–water partition coefficient (Wildman–Crippen LogP) is 5.56. The minimum Gasteiger partial charge on any atom is -0.299 e. The average Bonchev–Trinajstić information content (AvgIpc) is 2.60. The quantitative estimate of drug-likeness (QED) is 0.542. The smallest absolute Gasteiger partial charge is 0.136 e. The lowest BCUT2D eigenvalue weighted by Crippen LogP contribution is -2.26. The maximum absolute atomic E-state index is 12.6. The van der Waals surface area contributed by atoms with Crippen molar-refractivity contribution in [1.82, 2.24) is 0 Å². The van der Waals surface area contributed by atoms with Crippen molar-refractivity contribution in [3.63, 3.8) is 0 Å². The number of hydrogen-bond donors (Lipinski definition) is 0. The fourth-order valence-electron chi connectivity index (χ4n) is 4.57. The highest BCUT2D eigenvalue weighted by Crippen LogP contribution is 2.36. The van der Waals surface area contributed by atoms with Crippen LogP contribution in [-0.4, -0.2) is 17.4 Å². The van der Waals surface area contributed by atoms with Crippen molar-refractivity contribution in [3.05, 3.63) is 0 Å². The SMILES string of the molecule is CCC(=O)[C@H]1CC[C@H](CC(=O)[C@H]2CC[C@H](CCCCl)CC2)CC1. The second-order valence-electron chi connectivity index (χ2n) is 7.76. The van der Waals surface area contributed by atoms with E-state index in [1.165, 1.54) is 19.3 Å². The van der Waals surface area contributed by atoms with E-state index >= 15 is 0 Å². The standard InChI is InChI=1S/C20H33ClO2/c1-2-19(22)17-11-7-16(8-12-17)14-20(23)18-9-5-15(6-10-18)4-3-13-21/h15-18H,2-14H2,1H3/t15-,16-,17-,18-. The van der Waals surface area contributed by atoms with E-state index in [0.717, 1.165) is 63.2 Å². The van der Waals surface area contributed by atoms with Crippen LogP contribution in [-0.2, 0) is 9.59 Å². The van der Waals surface area contributed by atoms with Crippen LogP contribution >= 0.6 is 11.6 Å². The van der Waals surface area contributed by atoms with Gasteiger partial charge in [0.15, 0.2) is 0 Å². The van der Waals surface area contributed by atoms with Crippen molar-refractivity contribution < 1.29 is 9.59 Å². The molecule has 2 aliphatic rings. The molecule has 2 aliphatic carbocycles. The molecule has 0 aromatic rings. The summed E-state index contributed by atoms with van der Waals surface area (Å²) in [5.41, 5.74) is 0. The number of Topliss-reactive ketones (excluding diaryl/α,β-unsaturated/α-hetero) is 2. The van der Waals surface area contributed by atoms with Gasteiger partial charge in [-0.3, -0.25) is 9.59 Å². The monoisotopic (exact) mass is 340 g/mol. The van der Waals surface area contributed by atoms with Gasteiger partial charge in [0.05, 0.1) is 0 Å². The summed E-state index contributed by atoms with van der Waals surface area (Å²) in [6.07, 6.45) is 12.6. The number of carbonyl (C=O) groups is 2. The Morgan fingerprint density at radius 2 is 1.35 bits per heavy atom. The number of ketones is 2. The minimum atomic E-state index is 0.281. The molecular weight excluding hydrogens is 308 g/mol. The van der Waals surface area contributed by atoms with E-state index in [2.05, 4.69) is 0 Å². The molecule has 0 aromatic heterocycles. The van der Waals surface area contributed by atoms with Crippen molar-refractivity contribution in [2.24, 2.45) is 23.7 Å². The molecule has 0 saturated heterocycles. The van der Waals surface area contributed by atoms with Gasteiger partial charge in [0.25, 0.3) is 0 Å². The minimum absolute atomic E-state index is 0.281. The number of rotatable bonds is 8. The summed E-state index contributed by atoms with van der Waals surface area (Å²) >= 11 is 5.77. The molecule has 0 aliphatic heterocycles. The van der Waals surface area contributed by atoms with Crippen LogP contribution in [0.15, 0.2) is 0 Å². The summed E-state index contributed by atoms with van der Waals surface area (Å²) in [7, 11) is 0. The van der Waals surface area contributed by atoms with E-state index in [1.807, 2.05) is 6.92 Å². The summed E-state index contributed by atoms with van der Waals surface area (Å²) in [6.45, 7) is 1.96. The molecule has 132 valence electrons. The molecule has 0 spiro atoms. The van der Waals surface area contributed by atoms with Gasteiger partial charge in [-0.1, -0.05) is 6.92 Å². The van der Waals surface area contributed by atoms with Gasteiger partial charge in [-0.15, -0.1) is 11.6 Å². The molecule has 0 N–H and O–H groups in total. The van der Waals surface area contributed by atoms with Gasteiger partial charge in [0.1, 0.15) is 11.6 Å². The number of halogens is 1. The molecule has 23 heavy (non-hydrogen) atoms. The first kappa shape index (κ1) is 19.0. The number of hydrogen-bond acceptors (Lipinski definition) is 2. The third-order valence-corrected chi connectivity index (χ3v) is 6.46. The van der Waals surface area contributed by atoms with Crippen LogP contribution in [0.5, 0.6) is 0 Å². The summed E-state index contributed by atoms with van der Waals surface area (Å²) in [6, 6.07) is 0. The highest BCUT2D eigenvalue weighted by Gasteiger charge is 2.30. The molecular formula is C20H33ClO2. The fraction of sp³-hybridized carbons (Fsp3) is 0.900. The zero-order valence-corrected chi connectivity index (χ0v) is 15.5. The van der Waals surface area contributed by atoms with E-state index in [1.54, 1.807) is 0 Å². The summed E-state index contributed by atoms with van der Waals surface area (Å²) in [4.78, 5) is 24.3. The van der Waals surface area contributed by atoms with Gasteiger partial charge in [0, 0.05) is 30.6 Å². The first-order valence-corrected chi connectivity index (χ1v) is 10.3. The Kier molecular flexibility index (Phi) is 8.09. The zero-order chi connectivity index (χ0) is 16.7. The van der Waals surface area contributed by atoms with E-state index in [9.17, 15) is 9.59 Å². The maximum Gasteiger partial charge on any atom is 0.136 e. The Bertz CT molecular complexity index is 377. The van der Waals surface area contributed by atoms with Crippen molar-refractivity contribution >= 4 is 23.2 Å². The fourth-order valence-corrected chi connectivity index (χ4v) is 4.72. The molecule has 0 unspecified atom stereocenters. The molecule has 2 saturated carbocycles. The lowest BCUT2D eigenvalue weighted by Gasteiger charge is -2.31. The molecule has 2 rings (SSSR count). The van der Waals surface area contributed by atoms with Gasteiger partial charge in [-0.05, 0) is 76.0 Å². The summed E-state index contributed by atoms with van der Waals surface area (Å²) < 4.78 is 0. The van der Waals surface area contributed by atoms with Crippen molar-refractivity contribution in [1.29, 1.82) is 0 Å². The van der Waals surface area contributed by atoms with Crippen LogP contribution in [0.1, 0.15) is 84.0 Å². The molecule has 0 heterocycles. The molecule has 0 radical (unpaired) electrons. The van der Waals surface area contributed by atoms with E-state index < -0.39 is 0 Å². The third-order valence-electron chi connectivity index (χ3n) is 6.19. The van der Waals surface area contributed by atoms with Gasteiger partial charge in [0.2, 0.25) is 0 Å². The van der Waals surface area contributed by atoms with E-state index in [-0.39, 0.29) is 5.92 Å². The first-order chi connectivity index (χ1) is 11.1. The van der Waals surface area contributed by atoms with Gasteiger partial charge in [-0.25, -0.2) is 0 Å². The Labute approximate surface area is 146 Å². The second kappa shape index (κ2) is 9.81. The average molecular weight is 341 g/mol. The van der Waals surface area contributed by atoms with Crippen LogP contribution in [0.3, 0.4) is 0 Å². The van der Waals surface area contributed by atoms with Crippen molar-refractivity contribution in [2.45, 2.75) is 84.0 Å². The largest absolute Gasteiger partial charge is 0.299 e. The molecule has 2 nitrogen and oxygen atoms in total. The van der Waals surface area contributed by atoms with Gasteiger partial charge < -0.3 is 0 Å². The Morgan fingerprint density at radius 3 is 1.87 bits per heavy atom. The molecule has 0 bridgehead atoms. The predicted molar refractivity (Wildman–Crippen MR) is 95.8 cm³/mol. The van der Waals surface area contributed by atoms with E-state index in [4.69, 9.17) is 11.6 Å².